The molecule has 3 aromatic heterocycles. The zero-order valence-electron chi connectivity index (χ0n) is 21.7. The lowest BCUT2D eigenvalue weighted by molar-refractivity contribution is 0.166. The fraction of sp³-hybridized carbons (Fsp3) is 0.385. The third kappa shape index (κ3) is 6.62. The van der Waals surface area contributed by atoms with Crippen molar-refractivity contribution in [1.82, 2.24) is 40.5 Å². The average molecular weight is 510 g/mol. The highest BCUT2D eigenvalue weighted by atomic mass is 19.1. The number of rotatable bonds is 5. The second-order valence-electron chi connectivity index (χ2n) is 9.41. The minimum absolute atomic E-state index is 0.0101. The maximum atomic E-state index is 14.5. The summed E-state index contributed by atoms with van der Waals surface area (Å²) < 4.78 is 29.0. The summed E-state index contributed by atoms with van der Waals surface area (Å²) in [6.07, 6.45) is 2.88. The molecule has 1 aliphatic rings. The summed E-state index contributed by atoms with van der Waals surface area (Å²) in [4.78, 5) is 22.2. The molecule has 4 aromatic rings. The van der Waals surface area contributed by atoms with Crippen molar-refractivity contribution < 1.29 is 8.78 Å². The first-order chi connectivity index (χ1) is 17.7. The van der Waals surface area contributed by atoms with E-state index in [1.165, 1.54) is 6.07 Å². The second-order valence-corrected chi connectivity index (χ2v) is 9.41. The van der Waals surface area contributed by atoms with Gasteiger partial charge in [-0.1, -0.05) is 6.07 Å². The minimum atomic E-state index is -0.650. The Morgan fingerprint density at radius 3 is 2.41 bits per heavy atom. The second kappa shape index (κ2) is 11.7. The van der Waals surface area contributed by atoms with Crippen molar-refractivity contribution >= 4 is 22.8 Å². The molecule has 1 aliphatic heterocycles. The maximum absolute atomic E-state index is 14.5. The third-order valence-corrected chi connectivity index (χ3v) is 5.78. The molecule has 0 radical (unpaired) electrons. The summed E-state index contributed by atoms with van der Waals surface area (Å²) in [6.45, 7) is 8.90. The molecule has 1 fully saturated rings. The molecule has 11 heteroatoms. The molecule has 1 saturated heterocycles. The van der Waals surface area contributed by atoms with Crippen LogP contribution in [-0.4, -0.2) is 69.1 Å². The molecule has 4 N–H and O–H groups in total. The number of benzene rings is 1. The quantitative estimate of drug-likeness (QED) is 0.322. The number of piperazine rings is 1. The van der Waals surface area contributed by atoms with Gasteiger partial charge < -0.3 is 20.9 Å². The molecule has 4 heterocycles. The van der Waals surface area contributed by atoms with Gasteiger partial charge in [0.2, 0.25) is 5.95 Å². The van der Waals surface area contributed by atoms with Gasteiger partial charge in [0.05, 0.1) is 11.7 Å². The SMILES string of the molecule is CNC.Cc1nc2c(F)cc(-c3nc(Nc4ccc(CN5CC(C)NC(C)C5)cn4)ncc3F)cc2[nH]1. The molecule has 37 heavy (non-hydrogen) atoms. The van der Waals surface area contributed by atoms with Crippen LogP contribution in [0.1, 0.15) is 25.2 Å². The summed E-state index contributed by atoms with van der Waals surface area (Å²) in [6, 6.07) is 7.60. The average Bonchev–Trinajstić information content (AvgIpc) is 3.22. The van der Waals surface area contributed by atoms with E-state index in [9.17, 15) is 8.78 Å². The van der Waals surface area contributed by atoms with Crippen LogP contribution in [0.5, 0.6) is 0 Å². The predicted octanol–water partition coefficient (Wildman–Crippen LogP) is 3.76. The Labute approximate surface area is 215 Å². The molecular weight excluding hydrogens is 476 g/mol. The van der Waals surface area contributed by atoms with Gasteiger partial charge in [0.25, 0.3) is 0 Å². The fourth-order valence-corrected chi connectivity index (χ4v) is 4.50. The number of hydrogen-bond donors (Lipinski definition) is 4. The van der Waals surface area contributed by atoms with E-state index in [-0.39, 0.29) is 17.2 Å². The van der Waals surface area contributed by atoms with Crippen LogP contribution in [0.15, 0.2) is 36.7 Å². The Hall–Kier alpha value is -3.54. The highest BCUT2D eigenvalue weighted by molar-refractivity contribution is 5.82. The normalized spacial score (nSPS) is 17.9. The molecule has 9 nitrogen and oxygen atoms in total. The Morgan fingerprint density at radius 1 is 1.00 bits per heavy atom. The number of aromatic nitrogens is 5. The number of fused-ring (bicyclic) bond motifs is 1. The van der Waals surface area contributed by atoms with Crippen molar-refractivity contribution in [3.63, 3.8) is 0 Å². The van der Waals surface area contributed by atoms with E-state index < -0.39 is 11.6 Å². The molecule has 1 aromatic carbocycles. The van der Waals surface area contributed by atoms with Gasteiger partial charge in [0.1, 0.15) is 22.9 Å². The van der Waals surface area contributed by atoms with Gasteiger partial charge >= 0.3 is 0 Å². The predicted molar refractivity (Wildman–Crippen MR) is 142 cm³/mol. The molecule has 5 rings (SSSR count). The van der Waals surface area contributed by atoms with E-state index in [2.05, 4.69) is 59.6 Å². The molecule has 196 valence electrons. The number of nitrogens with one attached hydrogen (secondary N) is 4. The number of aromatic amines is 1. The Morgan fingerprint density at radius 2 is 1.73 bits per heavy atom. The fourth-order valence-electron chi connectivity index (χ4n) is 4.50. The minimum Gasteiger partial charge on any atom is -0.342 e. The van der Waals surface area contributed by atoms with Crippen LogP contribution >= 0.6 is 0 Å². The standard InChI is InChI=1S/C24H26F2N8.C2H7N/c1-13-10-34(11-14(2)29-13)12-16-4-5-21(27-8-16)32-24-28-9-19(26)22(33-24)17-6-18(25)23-20(7-17)30-15(3)31-23;1-3-2/h4-9,13-14,29H,10-12H2,1-3H3,(H,30,31)(H,27,28,32,33);3H,1-2H3. The van der Waals surface area contributed by atoms with Crippen LogP contribution in [0.2, 0.25) is 0 Å². The Bertz CT molecular complexity index is 1330. The summed E-state index contributed by atoms with van der Waals surface area (Å²) in [5.74, 6) is 0.0853. The molecule has 2 atom stereocenters. The first-order valence-corrected chi connectivity index (χ1v) is 12.2. The molecule has 0 spiro atoms. The van der Waals surface area contributed by atoms with Crippen LogP contribution in [0.25, 0.3) is 22.3 Å². The van der Waals surface area contributed by atoms with Crippen molar-refractivity contribution in [3.05, 3.63) is 59.7 Å². The lowest BCUT2D eigenvalue weighted by Crippen LogP contribution is -2.53. The van der Waals surface area contributed by atoms with E-state index in [4.69, 9.17) is 0 Å². The molecule has 0 bridgehead atoms. The summed E-state index contributed by atoms with van der Waals surface area (Å²) in [5, 5.41) is 9.29. The van der Waals surface area contributed by atoms with Crippen LogP contribution in [0.4, 0.5) is 20.5 Å². The topological polar surface area (TPSA) is 107 Å². The van der Waals surface area contributed by atoms with E-state index in [0.29, 0.717) is 34.8 Å². The van der Waals surface area contributed by atoms with E-state index in [1.54, 1.807) is 13.0 Å². The van der Waals surface area contributed by atoms with Crippen LogP contribution < -0.4 is 16.0 Å². The van der Waals surface area contributed by atoms with Crippen LogP contribution in [0, 0.1) is 18.6 Å². The van der Waals surface area contributed by atoms with Crippen molar-refractivity contribution in [2.75, 3.05) is 32.5 Å². The largest absolute Gasteiger partial charge is 0.342 e. The number of halogens is 2. The zero-order valence-corrected chi connectivity index (χ0v) is 21.7. The van der Waals surface area contributed by atoms with E-state index in [0.717, 1.165) is 31.4 Å². The number of H-pyrrole nitrogens is 1. The number of aryl methyl sites for hydroxylation is 1. The van der Waals surface area contributed by atoms with Gasteiger partial charge in [-0.3, -0.25) is 4.90 Å². The van der Waals surface area contributed by atoms with Gasteiger partial charge in [0, 0.05) is 43.5 Å². The van der Waals surface area contributed by atoms with Gasteiger partial charge in [-0.25, -0.2) is 28.7 Å². The summed E-state index contributed by atoms with van der Waals surface area (Å²) in [5.41, 5.74) is 2.07. The highest BCUT2D eigenvalue weighted by Crippen LogP contribution is 2.27. The first-order valence-electron chi connectivity index (χ1n) is 12.2. The number of imidazole rings is 1. The van der Waals surface area contributed by atoms with Crippen molar-refractivity contribution in [2.24, 2.45) is 0 Å². The zero-order chi connectivity index (χ0) is 26.5. The van der Waals surface area contributed by atoms with Crippen molar-refractivity contribution in [1.29, 1.82) is 0 Å². The van der Waals surface area contributed by atoms with Crippen LogP contribution in [0.3, 0.4) is 0 Å². The first kappa shape index (κ1) is 26.5. The van der Waals surface area contributed by atoms with Crippen molar-refractivity contribution in [3.8, 4) is 11.3 Å². The molecule has 0 saturated carbocycles. The molecule has 0 amide bonds. The summed E-state index contributed by atoms with van der Waals surface area (Å²) in [7, 11) is 3.75. The number of anilines is 2. The Balaban J connectivity index is 0.00000102. The number of hydrogen-bond acceptors (Lipinski definition) is 8. The molecule has 2 unspecified atom stereocenters. The third-order valence-electron chi connectivity index (χ3n) is 5.78. The van der Waals surface area contributed by atoms with E-state index >= 15 is 0 Å². The lowest BCUT2D eigenvalue weighted by atomic mass is 10.1. The van der Waals surface area contributed by atoms with Gasteiger partial charge in [-0.2, -0.15) is 0 Å². The lowest BCUT2D eigenvalue weighted by Gasteiger charge is -2.36. The smallest absolute Gasteiger partial charge is 0.229 e. The van der Waals surface area contributed by atoms with E-state index in [1.807, 2.05) is 32.4 Å². The van der Waals surface area contributed by atoms with Crippen molar-refractivity contribution in [2.45, 2.75) is 39.4 Å². The molecular formula is C26H33F2N9. The monoisotopic (exact) mass is 509 g/mol. The number of pyridine rings is 1. The number of nitrogens with zero attached hydrogens (tertiary/aromatic N) is 5. The highest BCUT2D eigenvalue weighted by Gasteiger charge is 2.21. The summed E-state index contributed by atoms with van der Waals surface area (Å²) >= 11 is 0. The van der Waals surface area contributed by atoms with Gasteiger partial charge in [-0.05, 0) is 58.6 Å². The van der Waals surface area contributed by atoms with Crippen LogP contribution in [-0.2, 0) is 6.54 Å². The molecule has 0 aliphatic carbocycles. The Kier molecular flexibility index (Phi) is 8.37. The maximum Gasteiger partial charge on any atom is 0.229 e. The van der Waals surface area contributed by atoms with Gasteiger partial charge in [0.15, 0.2) is 11.6 Å². The van der Waals surface area contributed by atoms with Gasteiger partial charge in [-0.15, -0.1) is 0 Å².